The molecule has 1 saturated heterocycles. The van der Waals surface area contributed by atoms with Gasteiger partial charge in [-0.15, -0.1) is 0 Å². The topological polar surface area (TPSA) is 65.5 Å². The SMILES string of the molecule is Cc1ncc2c(c1CNC(=O)CN1CCCCC1)CCN(C(=O)C1C(C)(C)C1(C)C)C2. The number of piperidine rings is 1. The minimum atomic E-state index is 0.0552. The predicted octanol–water partition coefficient (Wildman–Crippen LogP) is 3.06. The number of hydrogen-bond acceptors (Lipinski definition) is 4. The number of aromatic nitrogens is 1. The highest BCUT2D eigenvalue weighted by Crippen LogP contribution is 2.68. The van der Waals surface area contributed by atoms with Gasteiger partial charge in [-0.2, -0.15) is 0 Å². The van der Waals surface area contributed by atoms with Gasteiger partial charge in [0.2, 0.25) is 11.8 Å². The Hall–Kier alpha value is -1.95. The van der Waals surface area contributed by atoms with E-state index < -0.39 is 0 Å². The molecule has 0 radical (unpaired) electrons. The third kappa shape index (κ3) is 4.11. The molecule has 170 valence electrons. The van der Waals surface area contributed by atoms with Gasteiger partial charge in [-0.1, -0.05) is 34.1 Å². The van der Waals surface area contributed by atoms with Crippen LogP contribution in [0, 0.1) is 23.7 Å². The molecule has 2 fully saturated rings. The van der Waals surface area contributed by atoms with E-state index in [1.807, 2.05) is 18.0 Å². The number of hydrogen-bond donors (Lipinski definition) is 1. The molecule has 1 aromatic rings. The maximum atomic E-state index is 13.2. The molecule has 1 N–H and O–H groups in total. The Labute approximate surface area is 186 Å². The Bertz CT molecular complexity index is 857. The fourth-order valence-corrected chi connectivity index (χ4v) is 5.70. The summed E-state index contributed by atoms with van der Waals surface area (Å²) < 4.78 is 0. The number of rotatable bonds is 5. The zero-order valence-corrected chi connectivity index (χ0v) is 19.9. The highest BCUT2D eigenvalue weighted by Gasteiger charge is 2.68. The minimum Gasteiger partial charge on any atom is -0.351 e. The molecule has 6 nitrogen and oxygen atoms in total. The number of likely N-dealkylation sites (tertiary alicyclic amines) is 1. The molecule has 1 aromatic heterocycles. The maximum absolute atomic E-state index is 13.2. The lowest BCUT2D eigenvalue weighted by Gasteiger charge is -2.31. The Balaban J connectivity index is 1.40. The van der Waals surface area contributed by atoms with Gasteiger partial charge >= 0.3 is 0 Å². The number of amides is 2. The Morgan fingerprint density at radius 1 is 1.10 bits per heavy atom. The van der Waals surface area contributed by atoms with Gasteiger partial charge in [0.05, 0.1) is 6.54 Å². The van der Waals surface area contributed by atoms with Gasteiger partial charge < -0.3 is 10.2 Å². The molecule has 4 rings (SSSR count). The van der Waals surface area contributed by atoms with E-state index in [2.05, 4.69) is 42.9 Å². The van der Waals surface area contributed by atoms with Crippen LogP contribution in [0.1, 0.15) is 69.3 Å². The number of pyridine rings is 1. The largest absolute Gasteiger partial charge is 0.351 e. The molecule has 0 aromatic carbocycles. The van der Waals surface area contributed by atoms with Crippen LogP contribution in [0.15, 0.2) is 6.20 Å². The molecule has 1 saturated carbocycles. The second-order valence-electron chi connectivity index (χ2n) is 10.8. The second kappa shape index (κ2) is 8.19. The van der Waals surface area contributed by atoms with E-state index in [1.54, 1.807) is 0 Å². The van der Waals surface area contributed by atoms with Crippen molar-refractivity contribution in [3.05, 3.63) is 28.6 Å². The minimum absolute atomic E-state index is 0.0552. The van der Waals surface area contributed by atoms with Gasteiger partial charge in [0.15, 0.2) is 0 Å². The third-order valence-electron chi connectivity index (χ3n) is 8.45. The van der Waals surface area contributed by atoms with Crippen molar-refractivity contribution in [3.63, 3.8) is 0 Å². The normalized spacial score (nSPS) is 22.7. The number of nitrogens with one attached hydrogen (secondary N) is 1. The lowest BCUT2D eigenvalue weighted by molar-refractivity contribution is -0.134. The summed E-state index contributed by atoms with van der Waals surface area (Å²) in [6.45, 7) is 15.2. The smallest absolute Gasteiger partial charge is 0.234 e. The summed E-state index contributed by atoms with van der Waals surface area (Å²) in [5.41, 5.74) is 4.61. The van der Waals surface area contributed by atoms with Crippen LogP contribution in [-0.2, 0) is 29.1 Å². The summed E-state index contributed by atoms with van der Waals surface area (Å²) in [6, 6.07) is 0. The molecule has 1 aliphatic carbocycles. The van der Waals surface area contributed by atoms with Crippen LogP contribution >= 0.6 is 0 Å². The van der Waals surface area contributed by atoms with Crippen molar-refractivity contribution in [1.29, 1.82) is 0 Å². The Morgan fingerprint density at radius 3 is 2.42 bits per heavy atom. The quantitative estimate of drug-likeness (QED) is 0.786. The molecule has 3 aliphatic rings. The van der Waals surface area contributed by atoms with Crippen molar-refractivity contribution in [2.75, 3.05) is 26.2 Å². The van der Waals surface area contributed by atoms with E-state index in [0.717, 1.165) is 42.9 Å². The molecule has 31 heavy (non-hydrogen) atoms. The summed E-state index contributed by atoms with van der Waals surface area (Å²) in [7, 11) is 0. The van der Waals surface area contributed by atoms with Crippen molar-refractivity contribution < 1.29 is 9.59 Å². The molecule has 0 atom stereocenters. The van der Waals surface area contributed by atoms with E-state index in [0.29, 0.717) is 19.6 Å². The average Bonchev–Trinajstić information content (AvgIpc) is 3.15. The molecule has 2 aliphatic heterocycles. The van der Waals surface area contributed by atoms with Gasteiger partial charge in [-0.05, 0) is 66.8 Å². The van der Waals surface area contributed by atoms with Crippen molar-refractivity contribution in [2.24, 2.45) is 16.7 Å². The van der Waals surface area contributed by atoms with Crippen LogP contribution in [0.3, 0.4) is 0 Å². The van der Waals surface area contributed by atoms with Gasteiger partial charge in [-0.3, -0.25) is 19.5 Å². The van der Waals surface area contributed by atoms with Crippen molar-refractivity contribution in [2.45, 2.75) is 73.4 Å². The van der Waals surface area contributed by atoms with Gasteiger partial charge in [0.25, 0.3) is 0 Å². The summed E-state index contributed by atoms with van der Waals surface area (Å²) in [5.74, 6) is 0.454. The standard InChI is InChI=1S/C25H38N4O2/c1-17-20(14-27-21(30)16-28-10-7-6-8-11-28)19-9-12-29(15-18(19)13-26-17)23(31)22-24(2,3)25(22,4)5/h13,22H,6-12,14-16H2,1-5H3,(H,27,30). The number of nitrogens with zero attached hydrogens (tertiary/aromatic N) is 3. The van der Waals surface area contributed by atoms with Crippen LogP contribution < -0.4 is 5.32 Å². The zero-order valence-electron chi connectivity index (χ0n) is 19.9. The van der Waals surface area contributed by atoms with Crippen LogP contribution in [0.5, 0.6) is 0 Å². The fourth-order valence-electron chi connectivity index (χ4n) is 5.70. The maximum Gasteiger partial charge on any atom is 0.234 e. The number of carbonyl (C=O) groups is 2. The third-order valence-corrected chi connectivity index (χ3v) is 8.45. The zero-order chi connectivity index (χ0) is 22.4. The van der Waals surface area contributed by atoms with Gasteiger partial charge in [0, 0.05) is 37.4 Å². The molecule has 3 heterocycles. The van der Waals surface area contributed by atoms with E-state index in [-0.39, 0.29) is 28.6 Å². The average molecular weight is 427 g/mol. The molecule has 0 bridgehead atoms. The molecule has 0 spiro atoms. The molecule has 2 amide bonds. The van der Waals surface area contributed by atoms with Crippen LogP contribution in [0.4, 0.5) is 0 Å². The summed E-state index contributed by atoms with van der Waals surface area (Å²) >= 11 is 0. The lowest BCUT2D eigenvalue weighted by Crippen LogP contribution is -2.40. The first-order chi connectivity index (χ1) is 14.6. The Kier molecular flexibility index (Phi) is 5.88. The van der Waals surface area contributed by atoms with Crippen molar-refractivity contribution in [3.8, 4) is 0 Å². The van der Waals surface area contributed by atoms with Gasteiger partial charge in [-0.25, -0.2) is 0 Å². The van der Waals surface area contributed by atoms with E-state index >= 15 is 0 Å². The summed E-state index contributed by atoms with van der Waals surface area (Å²) in [4.78, 5) is 34.5. The summed E-state index contributed by atoms with van der Waals surface area (Å²) in [6.07, 6.45) is 6.40. The number of carbonyl (C=O) groups excluding carboxylic acids is 2. The van der Waals surface area contributed by atoms with Crippen LogP contribution in [0.25, 0.3) is 0 Å². The van der Waals surface area contributed by atoms with Crippen molar-refractivity contribution >= 4 is 11.8 Å². The molecule has 0 unspecified atom stereocenters. The predicted molar refractivity (Wildman–Crippen MR) is 121 cm³/mol. The van der Waals surface area contributed by atoms with Crippen molar-refractivity contribution in [1.82, 2.24) is 20.1 Å². The van der Waals surface area contributed by atoms with E-state index in [4.69, 9.17) is 0 Å². The van der Waals surface area contributed by atoms with E-state index in [1.165, 1.54) is 24.8 Å². The van der Waals surface area contributed by atoms with Gasteiger partial charge in [0.1, 0.15) is 0 Å². The highest BCUT2D eigenvalue weighted by atomic mass is 16.2. The first-order valence-corrected chi connectivity index (χ1v) is 11.9. The monoisotopic (exact) mass is 426 g/mol. The highest BCUT2D eigenvalue weighted by molar-refractivity contribution is 5.84. The fraction of sp³-hybridized carbons (Fsp3) is 0.720. The molecular weight excluding hydrogens is 388 g/mol. The van der Waals surface area contributed by atoms with Crippen LogP contribution in [-0.4, -0.2) is 52.8 Å². The summed E-state index contributed by atoms with van der Waals surface area (Å²) in [5, 5.41) is 3.12. The second-order valence-corrected chi connectivity index (χ2v) is 10.8. The van der Waals surface area contributed by atoms with E-state index in [9.17, 15) is 9.59 Å². The lowest BCUT2D eigenvalue weighted by atomic mass is 9.94. The first kappa shape index (κ1) is 22.3. The molecular formula is C25H38N4O2. The first-order valence-electron chi connectivity index (χ1n) is 11.9. The number of aryl methyl sites for hydroxylation is 1. The number of fused-ring (bicyclic) bond motifs is 1. The molecule has 6 heteroatoms. The van der Waals surface area contributed by atoms with Crippen LogP contribution in [0.2, 0.25) is 0 Å². The Morgan fingerprint density at radius 2 is 1.77 bits per heavy atom.